The smallest absolute Gasteiger partial charge is 0.304 e. The molecule has 1 aliphatic rings. The average molecular weight is 345 g/mol. The average Bonchev–Trinajstić information content (AvgIpc) is 3.14. The van der Waals surface area contributed by atoms with E-state index in [0.717, 1.165) is 5.56 Å². The Balaban J connectivity index is 2.07. The number of sulfonamides is 1. The molecule has 1 heterocycles. The van der Waals surface area contributed by atoms with Gasteiger partial charge < -0.3 is 4.74 Å². The van der Waals surface area contributed by atoms with Gasteiger partial charge in [-0.25, -0.2) is 8.42 Å². The fourth-order valence-corrected chi connectivity index (χ4v) is 4.91. The van der Waals surface area contributed by atoms with E-state index in [9.17, 15) is 13.2 Å². The first-order valence-electron chi connectivity index (χ1n) is 7.66. The van der Waals surface area contributed by atoms with Crippen LogP contribution in [0.15, 0.2) is 59.5 Å². The van der Waals surface area contributed by atoms with Gasteiger partial charge in [-0.2, -0.15) is 0 Å². The number of carbonyl (C=O) groups is 1. The Hall–Kier alpha value is -2.18. The molecule has 2 aromatic carbocycles. The van der Waals surface area contributed by atoms with Gasteiger partial charge in [0.05, 0.1) is 10.9 Å². The van der Waals surface area contributed by atoms with Crippen LogP contribution in [0.25, 0.3) is 0 Å². The first-order chi connectivity index (χ1) is 11.3. The Bertz CT molecular complexity index is 862. The number of nitrogens with zero attached hydrogens (tertiary/aromatic N) is 1. The molecular weight excluding hydrogens is 326 g/mol. The molecule has 3 atom stereocenters. The van der Waals surface area contributed by atoms with Gasteiger partial charge in [0.2, 0.25) is 15.7 Å². The molecule has 0 aliphatic carbocycles. The lowest BCUT2D eigenvalue weighted by Gasteiger charge is -2.18. The molecule has 6 heteroatoms. The van der Waals surface area contributed by atoms with Crippen molar-refractivity contribution >= 4 is 16.0 Å². The zero-order valence-electron chi connectivity index (χ0n) is 13.8. The van der Waals surface area contributed by atoms with Crippen LogP contribution in [0.5, 0.6) is 0 Å². The fraction of sp³-hybridized carbons (Fsp3) is 0.278. The predicted molar refractivity (Wildman–Crippen MR) is 89.6 cm³/mol. The minimum Gasteiger partial charge on any atom is -0.437 e. The van der Waals surface area contributed by atoms with E-state index in [-0.39, 0.29) is 4.90 Å². The summed E-state index contributed by atoms with van der Waals surface area (Å²) in [5, 5.41) is 0. The molecule has 5 nitrogen and oxygen atoms in total. The first-order valence-corrected chi connectivity index (χ1v) is 9.10. The number of rotatable bonds is 4. The fourth-order valence-electron chi connectivity index (χ4n) is 3.04. The van der Waals surface area contributed by atoms with Crippen LogP contribution in [-0.2, 0) is 25.3 Å². The maximum atomic E-state index is 13.0. The zero-order valence-corrected chi connectivity index (χ0v) is 14.6. The third kappa shape index (κ3) is 2.52. The molecular formula is C18H19NO4S. The van der Waals surface area contributed by atoms with E-state index in [1.165, 1.54) is 11.2 Å². The number of aryl methyl sites for hydroxylation is 1. The van der Waals surface area contributed by atoms with Crippen LogP contribution < -0.4 is 0 Å². The standard InChI is InChI=1S/C18H19NO4S/c1-13-9-11-17(12-10-13)24(21,22)19-14(2)18(19,23-15(3)20)16-7-5-4-6-8-16/h4-12,14H,1-3H3/t14-,18-,19?/m1/s1. The summed E-state index contributed by atoms with van der Waals surface area (Å²) in [6, 6.07) is 15.1. The monoisotopic (exact) mass is 345 g/mol. The SMILES string of the molecule is CC(=O)O[C@@]1(c2ccccc2)[C@@H](C)N1S(=O)(=O)c1ccc(C)cc1. The molecule has 3 rings (SSSR count). The van der Waals surface area contributed by atoms with Crippen molar-refractivity contribution in [1.29, 1.82) is 0 Å². The lowest BCUT2D eigenvalue weighted by atomic mass is 10.1. The molecule has 2 aromatic rings. The van der Waals surface area contributed by atoms with Crippen LogP contribution in [0.4, 0.5) is 0 Å². The van der Waals surface area contributed by atoms with Crippen molar-refractivity contribution in [3.63, 3.8) is 0 Å². The van der Waals surface area contributed by atoms with Gasteiger partial charge in [0.15, 0.2) is 0 Å². The molecule has 0 spiro atoms. The second-order valence-electron chi connectivity index (χ2n) is 5.95. The lowest BCUT2D eigenvalue weighted by molar-refractivity contribution is -0.151. The molecule has 0 N–H and O–H groups in total. The van der Waals surface area contributed by atoms with Crippen molar-refractivity contribution in [2.75, 3.05) is 0 Å². The molecule has 0 bridgehead atoms. The Morgan fingerprint density at radius 3 is 2.21 bits per heavy atom. The topological polar surface area (TPSA) is 63.5 Å². The van der Waals surface area contributed by atoms with E-state index in [0.29, 0.717) is 5.56 Å². The van der Waals surface area contributed by atoms with E-state index < -0.39 is 27.8 Å². The number of esters is 1. The maximum absolute atomic E-state index is 13.0. The normalized spacial score (nSPS) is 26.0. The number of carbonyl (C=O) groups excluding carboxylic acids is 1. The minimum atomic E-state index is -3.78. The van der Waals surface area contributed by atoms with E-state index in [2.05, 4.69) is 0 Å². The minimum absolute atomic E-state index is 0.185. The van der Waals surface area contributed by atoms with Gasteiger partial charge in [0, 0.05) is 12.5 Å². The molecule has 0 amide bonds. The van der Waals surface area contributed by atoms with Gasteiger partial charge in [0.25, 0.3) is 0 Å². The maximum Gasteiger partial charge on any atom is 0.304 e. The molecule has 0 aromatic heterocycles. The van der Waals surface area contributed by atoms with Gasteiger partial charge in [0.1, 0.15) is 0 Å². The van der Waals surface area contributed by atoms with E-state index >= 15 is 0 Å². The van der Waals surface area contributed by atoms with E-state index in [1.54, 1.807) is 55.5 Å². The number of hydrogen-bond donors (Lipinski definition) is 0. The van der Waals surface area contributed by atoms with Crippen molar-refractivity contribution in [2.24, 2.45) is 0 Å². The van der Waals surface area contributed by atoms with E-state index in [1.807, 2.05) is 13.0 Å². The highest BCUT2D eigenvalue weighted by Gasteiger charge is 2.70. The molecule has 0 radical (unpaired) electrons. The third-order valence-electron chi connectivity index (χ3n) is 4.24. The van der Waals surface area contributed by atoms with E-state index in [4.69, 9.17) is 4.74 Å². The molecule has 1 unspecified atom stereocenters. The summed E-state index contributed by atoms with van der Waals surface area (Å²) in [7, 11) is -3.78. The summed E-state index contributed by atoms with van der Waals surface area (Å²) >= 11 is 0. The molecule has 1 saturated heterocycles. The summed E-state index contributed by atoms with van der Waals surface area (Å²) < 4.78 is 32.8. The van der Waals surface area contributed by atoms with Gasteiger partial charge >= 0.3 is 5.97 Å². The van der Waals surface area contributed by atoms with Crippen LogP contribution >= 0.6 is 0 Å². The van der Waals surface area contributed by atoms with Crippen molar-refractivity contribution in [2.45, 2.75) is 37.4 Å². The molecule has 1 aliphatic heterocycles. The van der Waals surface area contributed by atoms with Gasteiger partial charge in [-0.3, -0.25) is 4.79 Å². The van der Waals surface area contributed by atoms with Crippen LogP contribution in [-0.4, -0.2) is 24.7 Å². The van der Waals surface area contributed by atoms with Crippen molar-refractivity contribution in [3.05, 3.63) is 65.7 Å². The number of ether oxygens (including phenoxy) is 1. The number of benzene rings is 2. The lowest BCUT2D eigenvalue weighted by Crippen LogP contribution is -2.27. The van der Waals surface area contributed by atoms with Gasteiger partial charge in [-0.05, 0) is 26.0 Å². The first kappa shape index (κ1) is 16.7. The molecule has 0 saturated carbocycles. The third-order valence-corrected chi connectivity index (χ3v) is 6.22. The largest absolute Gasteiger partial charge is 0.437 e. The highest BCUT2D eigenvalue weighted by atomic mass is 32.2. The zero-order chi connectivity index (χ0) is 17.5. The Morgan fingerprint density at radius 2 is 1.67 bits per heavy atom. The molecule has 24 heavy (non-hydrogen) atoms. The van der Waals surface area contributed by atoms with Crippen LogP contribution in [0.3, 0.4) is 0 Å². The summed E-state index contributed by atoms with van der Waals surface area (Å²) in [5.41, 5.74) is 0.335. The summed E-state index contributed by atoms with van der Waals surface area (Å²) in [6.07, 6.45) is 0. The highest BCUT2D eigenvalue weighted by Crippen LogP contribution is 2.54. The Labute approximate surface area is 141 Å². The van der Waals surface area contributed by atoms with Crippen LogP contribution in [0.1, 0.15) is 25.0 Å². The van der Waals surface area contributed by atoms with Gasteiger partial charge in [-0.15, -0.1) is 4.31 Å². The van der Waals surface area contributed by atoms with Crippen molar-refractivity contribution in [3.8, 4) is 0 Å². The summed E-state index contributed by atoms with van der Waals surface area (Å²) in [5.74, 6) is -0.521. The quantitative estimate of drug-likeness (QED) is 0.631. The molecule has 1 fully saturated rings. The highest BCUT2D eigenvalue weighted by molar-refractivity contribution is 7.89. The number of hydrogen-bond acceptors (Lipinski definition) is 4. The molecule has 126 valence electrons. The predicted octanol–water partition coefficient (Wildman–Crippen LogP) is 2.80. The summed E-state index contributed by atoms with van der Waals surface area (Å²) in [4.78, 5) is 11.8. The van der Waals surface area contributed by atoms with Crippen LogP contribution in [0, 0.1) is 6.92 Å². The van der Waals surface area contributed by atoms with Crippen molar-refractivity contribution < 1.29 is 17.9 Å². The second kappa shape index (κ2) is 5.72. The summed E-state index contributed by atoms with van der Waals surface area (Å²) in [6.45, 7) is 4.91. The second-order valence-corrected chi connectivity index (χ2v) is 7.76. The van der Waals surface area contributed by atoms with Crippen LogP contribution in [0.2, 0.25) is 0 Å². The van der Waals surface area contributed by atoms with Gasteiger partial charge in [-0.1, -0.05) is 48.0 Å². The van der Waals surface area contributed by atoms with Crippen molar-refractivity contribution in [1.82, 2.24) is 4.31 Å². The Morgan fingerprint density at radius 1 is 1.08 bits per heavy atom. The Kier molecular flexibility index (Phi) is 3.97.